The maximum Gasteiger partial charge on any atom is 0.230 e. The lowest BCUT2D eigenvalue weighted by molar-refractivity contribution is -0.141. The Morgan fingerprint density at radius 3 is 2.03 bits per heavy atom. The van der Waals surface area contributed by atoms with Gasteiger partial charge in [0.1, 0.15) is 5.82 Å². The number of halogens is 1. The average Bonchev–Trinajstić information content (AvgIpc) is 2.75. The molecule has 1 atom stereocenters. The lowest BCUT2D eigenvalue weighted by atomic mass is 9.78. The smallest absolute Gasteiger partial charge is 0.230 e. The number of likely N-dealkylation sites (tertiary alicyclic amines) is 1. The number of benzene rings is 1. The lowest BCUT2D eigenvalue weighted by Gasteiger charge is -2.41. The van der Waals surface area contributed by atoms with Gasteiger partial charge in [-0.15, -0.1) is 0 Å². The summed E-state index contributed by atoms with van der Waals surface area (Å²) in [6, 6.07) is 6.96. The summed E-state index contributed by atoms with van der Waals surface area (Å²) in [4.78, 5) is 31.7. The maximum atomic E-state index is 13.6. The Labute approximate surface area is 173 Å². The first kappa shape index (κ1) is 21.8. The molecule has 0 aromatic heterocycles. The molecule has 2 aliphatic heterocycles. The second-order valence-electron chi connectivity index (χ2n) is 8.56. The Morgan fingerprint density at radius 1 is 0.966 bits per heavy atom. The number of piperidine rings is 1. The molecule has 3 rings (SSSR count). The number of piperazine rings is 1. The minimum atomic E-state index is -0.277. The molecule has 0 bridgehead atoms. The third kappa shape index (κ3) is 5.16. The summed E-state index contributed by atoms with van der Waals surface area (Å²) in [6.45, 7) is 10.6. The minimum Gasteiger partial charge on any atom is -0.339 e. The SMILES string of the molecule is CCC(=O)N1CCN(C(=O)C(c2ccc(F)cc2)C2CCN(C(C)C)CC2)CC1. The molecule has 0 radical (unpaired) electrons. The Hall–Kier alpha value is -1.95. The molecule has 2 heterocycles. The second kappa shape index (κ2) is 9.70. The van der Waals surface area contributed by atoms with Crippen LogP contribution in [0.15, 0.2) is 24.3 Å². The van der Waals surface area contributed by atoms with E-state index in [1.807, 2.05) is 16.7 Å². The van der Waals surface area contributed by atoms with Crippen molar-refractivity contribution < 1.29 is 14.0 Å². The van der Waals surface area contributed by atoms with Crippen molar-refractivity contribution in [1.82, 2.24) is 14.7 Å². The van der Waals surface area contributed by atoms with E-state index in [0.717, 1.165) is 31.5 Å². The number of amides is 2. The summed E-state index contributed by atoms with van der Waals surface area (Å²) in [7, 11) is 0. The molecule has 1 aromatic rings. The topological polar surface area (TPSA) is 43.9 Å². The minimum absolute atomic E-state index is 0.128. The van der Waals surface area contributed by atoms with E-state index < -0.39 is 0 Å². The van der Waals surface area contributed by atoms with E-state index in [9.17, 15) is 14.0 Å². The zero-order valence-corrected chi connectivity index (χ0v) is 17.9. The zero-order valence-electron chi connectivity index (χ0n) is 17.9. The van der Waals surface area contributed by atoms with Crippen molar-refractivity contribution in [2.75, 3.05) is 39.3 Å². The Balaban J connectivity index is 1.74. The number of carbonyl (C=O) groups excluding carboxylic acids is 2. The standard InChI is InChI=1S/C23H34FN3O2/c1-4-21(28)26-13-15-27(16-14-26)23(29)22(18-5-7-20(24)8-6-18)19-9-11-25(12-10-19)17(2)3/h5-8,17,19,22H,4,9-16H2,1-3H3. The van der Waals surface area contributed by atoms with Crippen molar-refractivity contribution in [2.45, 2.75) is 52.0 Å². The molecule has 160 valence electrons. The van der Waals surface area contributed by atoms with Gasteiger partial charge < -0.3 is 14.7 Å². The van der Waals surface area contributed by atoms with Gasteiger partial charge in [-0.05, 0) is 63.4 Å². The molecule has 1 aromatic carbocycles. The predicted octanol–water partition coefficient (Wildman–Crippen LogP) is 3.11. The molecule has 29 heavy (non-hydrogen) atoms. The van der Waals surface area contributed by atoms with E-state index in [2.05, 4.69) is 18.7 Å². The third-order valence-corrected chi connectivity index (χ3v) is 6.52. The average molecular weight is 404 g/mol. The summed E-state index contributed by atoms with van der Waals surface area (Å²) in [5.41, 5.74) is 0.909. The van der Waals surface area contributed by atoms with Gasteiger partial charge in [-0.3, -0.25) is 9.59 Å². The van der Waals surface area contributed by atoms with E-state index in [0.29, 0.717) is 38.6 Å². The molecule has 1 unspecified atom stereocenters. The molecule has 2 aliphatic rings. The summed E-state index contributed by atoms with van der Waals surface area (Å²) < 4.78 is 13.5. The highest BCUT2D eigenvalue weighted by Gasteiger charge is 2.36. The molecule has 2 saturated heterocycles. The van der Waals surface area contributed by atoms with Gasteiger partial charge in [-0.2, -0.15) is 0 Å². The Kier molecular flexibility index (Phi) is 7.28. The van der Waals surface area contributed by atoms with Crippen LogP contribution in [0.4, 0.5) is 4.39 Å². The van der Waals surface area contributed by atoms with Crippen LogP contribution in [0.5, 0.6) is 0 Å². The normalized spacial score (nSPS) is 20.2. The monoisotopic (exact) mass is 403 g/mol. The largest absolute Gasteiger partial charge is 0.339 e. The second-order valence-corrected chi connectivity index (χ2v) is 8.56. The number of carbonyl (C=O) groups is 2. The van der Waals surface area contributed by atoms with Crippen molar-refractivity contribution in [2.24, 2.45) is 5.92 Å². The third-order valence-electron chi connectivity index (χ3n) is 6.52. The van der Waals surface area contributed by atoms with Gasteiger partial charge in [0.2, 0.25) is 11.8 Å². The van der Waals surface area contributed by atoms with Crippen molar-refractivity contribution in [3.05, 3.63) is 35.6 Å². The number of nitrogens with zero attached hydrogens (tertiary/aromatic N) is 3. The summed E-state index contributed by atoms with van der Waals surface area (Å²) in [5.74, 6) is 0.0225. The van der Waals surface area contributed by atoms with E-state index in [1.54, 1.807) is 12.1 Å². The maximum absolute atomic E-state index is 13.6. The summed E-state index contributed by atoms with van der Waals surface area (Å²) >= 11 is 0. The molecule has 0 N–H and O–H groups in total. The van der Waals surface area contributed by atoms with Gasteiger partial charge in [0.15, 0.2) is 0 Å². The first-order valence-electron chi connectivity index (χ1n) is 11.0. The van der Waals surface area contributed by atoms with Crippen LogP contribution >= 0.6 is 0 Å². The van der Waals surface area contributed by atoms with E-state index in [4.69, 9.17) is 0 Å². The van der Waals surface area contributed by atoms with E-state index in [1.165, 1.54) is 12.1 Å². The fourth-order valence-corrected chi connectivity index (χ4v) is 4.65. The number of hydrogen-bond donors (Lipinski definition) is 0. The van der Waals surface area contributed by atoms with Crippen molar-refractivity contribution in [3.8, 4) is 0 Å². The molecule has 0 saturated carbocycles. The van der Waals surface area contributed by atoms with Crippen LogP contribution in [0.1, 0.15) is 51.5 Å². The predicted molar refractivity (Wildman–Crippen MR) is 112 cm³/mol. The molecule has 6 heteroatoms. The highest BCUT2D eigenvalue weighted by atomic mass is 19.1. The van der Waals surface area contributed by atoms with Crippen LogP contribution in [-0.2, 0) is 9.59 Å². The molecule has 0 aliphatic carbocycles. The van der Waals surface area contributed by atoms with Gasteiger partial charge in [-0.25, -0.2) is 4.39 Å². The fourth-order valence-electron chi connectivity index (χ4n) is 4.65. The lowest BCUT2D eigenvalue weighted by Crippen LogP contribution is -2.52. The highest BCUT2D eigenvalue weighted by molar-refractivity contribution is 5.84. The van der Waals surface area contributed by atoms with Crippen LogP contribution in [0, 0.1) is 11.7 Å². The van der Waals surface area contributed by atoms with Crippen LogP contribution in [-0.4, -0.2) is 71.8 Å². The molecule has 5 nitrogen and oxygen atoms in total. The summed E-state index contributed by atoms with van der Waals surface area (Å²) in [6.07, 6.45) is 2.45. The Morgan fingerprint density at radius 2 is 1.52 bits per heavy atom. The van der Waals surface area contributed by atoms with Gasteiger partial charge in [0.25, 0.3) is 0 Å². The fraction of sp³-hybridized carbons (Fsp3) is 0.652. The van der Waals surface area contributed by atoms with E-state index >= 15 is 0 Å². The number of hydrogen-bond acceptors (Lipinski definition) is 3. The molecule has 2 amide bonds. The Bertz CT molecular complexity index is 691. The highest BCUT2D eigenvalue weighted by Crippen LogP contribution is 2.35. The molecule has 0 spiro atoms. The van der Waals surface area contributed by atoms with Crippen molar-refractivity contribution in [1.29, 1.82) is 0 Å². The zero-order chi connectivity index (χ0) is 21.0. The quantitative estimate of drug-likeness (QED) is 0.759. The first-order chi connectivity index (χ1) is 13.9. The number of rotatable bonds is 5. The van der Waals surface area contributed by atoms with Crippen LogP contribution in [0.3, 0.4) is 0 Å². The van der Waals surface area contributed by atoms with Crippen LogP contribution < -0.4 is 0 Å². The van der Waals surface area contributed by atoms with Crippen molar-refractivity contribution >= 4 is 11.8 Å². The first-order valence-corrected chi connectivity index (χ1v) is 11.0. The molecular weight excluding hydrogens is 369 g/mol. The van der Waals surface area contributed by atoms with Gasteiger partial charge >= 0.3 is 0 Å². The molecular formula is C23H34FN3O2. The van der Waals surface area contributed by atoms with E-state index in [-0.39, 0.29) is 29.5 Å². The van der Waals surface area contributed by atoms with Gasteiger partial charge in [0, 0.05) is 38.6 Å². The summed E-state index contributed by atoms with van der Waals surface area (Å²) in [5, 5.41) is 0. The van der Waals surface area contributed by atoms with Crippen molar-refractivity contribution in [3.63, 3.8) is 0 Å². The van der Waals surface area contributed by atoms with Crippen LogP contribution in [0.25, 0.3) is 0 Å². The molecule has 2 fully saturated rings. The van der Waals surface area contributed by atoms with Gasteiger partial charge in [0.05, 0.1) is 5.92 Å². The van der Waals surface area contributed by atoms with Gasteiger partial charge in [-0.1, -0.05) is 19.1 Å². The van der Waals surface area contributed by atoms with Crippen LogP contribution in [0.2, 0.25) is 0 Å².